The molecule has 5 nitrogen and oxygen atoms in total. The van der Waals surface area contributed by atoms with Crippen LogP contribution in [0.3, 0.4) is 0 Å². The first kappa shape index (κ1) is 16.2. The van der Waals surface area contributed by atoms with Crippen LogP contribution in [0.5, 0.6) is 0 Å². The molecule has 110 valence electrons. The number of nitrogens with one attached hydrogen (secondary N) is 1. The van der Waals surface area contributed by atoms with E-state index in [1.165, 1.54) is 0 Å². The Bertz CT molecular complexity index is 471. The standard InChI is InChI=1S/C15H23N3O2/c1-11(2)10-20-15(4,12(3)17-18-14(16)19)13-8-6-5-7-9-13/h5-9,11H,10H2,1-4H3,(H3,16,18,19)/b17-12+/t15-/m1/s1. The van der Waals surface area contributed by atoms with Crippen LogP contribution in [0.15, 0.2) is 35.4 Å². The lowest BCUT2D eigenvalue weighted by atomic mass is 9.91. The number of amides is 2. The minimum atomic E-state index is -0.700. The number of ether oxygens (including phenoxy) is 1. The maximum absolute atomic E-state index is 10.8. The van der Waals surface area contributed by atoms with Crippen LogP contribution in [0, 0.1) is 5.92 Å². The molecule has 3 N–H and O–H groups in total. The van der Waals surface area contributed by atoms with Crippen molar-refractivity contribution in [2.45, 2.75) is 33.3 Å². The van der Waals surface area contributed by atoms with Gasteiger partial charge in [-0.3, -0.25) is 0 Å². The van der Waals surface area contributed by atoms with Gasteiger partial charge in [0.25, 0.3) is 0 Å². The van der Waals surface area contributed by atoms with Gasteiger partial charge in [0.15, 0.2) is 0 Å². The van der Waals surface area contributed by atoms with Gasteiger partial charge in [-0.15, -0.1) is 0 Å². The van der Waals surface area contributed by atoms with Gasteiger partial charge in [0, 0.05) is 0 Å². The molecule has 0 radical (unpaired) electrons. The molecule has 1 atom stereocenters. The Morgan fingerprint density at radius 1 is 1.40 bits per heavy atom. The smallest absolute Gasteiger partial charge is 0.332 e. The van der Waals surface area contributed by atoms with Crippen molar-refractivity contribution in [2.24, 2.45) is 16.8 Å². The zero-order valence-electron chi connectivity index (χ0n) is 12.5. The third-order valence-electron chi connectivity index (χ3n) is 3.05. The van der Waals surface area contributed by atoms with Crippen molar-refractivity contribution < 1.29 is 9.53 Å². The van der Waals surface area contributed by atoms with Crippen molar-refractivity contribution in [1.29, 1.82) is 0 Å². The minimum absolute atomic E-state index is 0.398. The Morgan fingerprint density at radius 2 is 2.00 bits per heavy atom. The number of hydrogen-bond donors (Lipinski definition) is 2. The quantitative estimate of drug-likeness (QED) is 0.619. The van der Waals surface area contributed by atoms with E-state index in [9.17, 15) is 4.79 Å². The zero-order chi connectivity index (χ0) is 15.2. The summed E-state index contributed by atoms with van der Waals surface area (Å²) in [5, 5.41) is 4.02. The molecule has 0 unspecified atom stereocenters. The second kappa shape index (κ2) is 7.05. The molecule has 0 saturated heterocycles. The van der Waals surface area contributed by atoms with Crippen molar-refractivity contribution in [2.75, 3.05) is 6.61 Å². The van der Waals surface area contributed by atoms with Crippen LogP contribution in [-0.2, 0) is 10.3 Å². The van der Waals surface area contributed by atoms with E-state index in [0.717, 1.165) is 5.56 Å². The molecule has 0 heterocycles. The van der Waals surface area contributed by atoms with Crippen LogP contribution >= 0.6 is 0 Å². The third-order valence-corrected chi connectivity index (χ3v) is 3.05. The third kappa shape index (κ3) is 4.35. The summed E-state index contributed by atoms with van der Waals surface area (Å²) in [7, 11) is 0. The van der Waals surface area contributed by atoms with Gasteiger partial charge in [-0.05, 0) is 25.3 Å². The predicted octanol–water partition coefficient (Wildman–Crippen LogP) is 2.62. The van der Waals surface area contributed by atoms with Gasteiger partial charge in [0.2, 0.25) is 0 Å². The zero-order valence-corrected chi connectivity index (χ0v) is 12.5. The molecule has 0 aliphatic carbocycles. The molecule has 0 saturated carbocycles. The van der Waals surface area contributed by atoms with Crippen molar-refractivity contribution in [3.05, 3.63) is 35.9 Å². The Balaban J connectivity index is 3.06. The second-order valence-corrected chi connectivity index (χ2v) is 5.28. The number of nitrogens with zero attached hydrogens (tertiary/aromatic N) is 1. The molecule has 1 aromatic rings. The van der Waals surface area contributed by atoms with Crippen molar-refractivity contribution in [3.63, 3.8) is 0 Å². The number of rotatable bonds is 6. The molecule has 0 spiro atoms. The van der Waals surface area contributed by atoms with Gasteiger partial charge in [-0.25, -0.2) is 10.2 Å². The van der Waals surface area contributed by atoms with E-state index in [2.05, 4.69) is 24.4 Å². The Labute approximate surface area is 120 Å². The summed E-state index contributed by atoms with van der Waals surface area (Å²) in [6.07, 6.45) is 0. The van der Waals surface area contributed by atoms with Crippen LogP contribution in [0.1, 0.15) is 33.3 Å². The molecule has 0 aromatic heterocycles. The fraction of sp³-hybridized carbons (Fsp3) is 0.467. The lowest BCUT2D eigenvalue weighted by Gasteiger charge is -2.31. The van der Waals surface area contributed by atoms with Crippen molar-refractivity contribution >= 4 is 11.7 Å². The average molecular weight is 277 g/mol. The van der Waals surface area contributed by atoms with Crippen LogP contribution in [-0.4, -0.2) is 18.3 Å². The van der Waals surface area contributed by atoms with E-state index in [-0.39, 0.29) is 0 Å². The van der Waals surface area contributed by atoms with Crippen LogP contribution in [0.4, 0.5) is 4.79 Å². The van der Waals surface area contributed by atoms with E-state index < -0.39 is 11.6 Å². The lowest BCUT2D eigenvalue weighted by Crippen LogP contribution is -2.37. The van der Waals surface area contributed by atoms with Gasteiger partial charge in [-0.2, -0.15) is 5.10 Å². The molecule has 1 aromatic carbocycles. The first-order chi connectivity index (χ1) is 9.36. The van der Waals surface area contributed by atoms with Gasteiger partial charge in [0.05, 0.1) is 12.3 Å². The number of primary amides is 1. The minimum Gasteiger partial charge on any atom is -0.364 e. The summed E-state index contributed by atoms with van der Waals surface area (Å²) in [5.41, 5.74) is 8.22. The molecule has 0 fully saturated rings. The van der Waals surface area contributed by atoms with Crippen molar-refractivity contribution in [3.8, 4) is 0 Å². The second-order valence-electron chi connectivity index (χ2n) is 5.28. The first-order valence-electron chi connectivity index (χ1n) is 6.66. The van der Waals surface area contributed by atoms with Crippen LogP contribution in [0.25, 0.3) is 0 Å². The van der Waals surface area contributed by atoms with Gasteiger partial charge < -0.3 is 10.5 Å². The molecular formula is C15H23N3O2. The maximum atomic E-state index is 10.8. The highest BCUT2D eigenvalue weighted by molar-refractivity contribution is 5.92. The average Bonchev–Trinajstić information content (AvgIpc) is 2.43. The maximum Gasteiger partial charge on any atom is 0.332 e. The monoisotopic (exact) mass is 277 g/mol. The van der Waals surface area contributed by atoms with E-state index in [4.69, 9.17) is 10.5 Å². The summed E-state index contributed by atoms with van der Waals surface area (Å²) in [6.45, 7) is 8.50. The van der Waals surface area contributed by atoms with E-state index in [1.54, 1.807) is 0 Å². The molecule has 20 heavy (non-hydrogen) atoms. The number of benzene rings is 1. The van der Waals surface area contributed by atoms with E-state index >= 15 is 0 Å². The lowest BCUT2D eigenvalue weighted by molar-refractivity contribution is 0.00164. The van der Waals surface area contributed by atoms with Crippen LogP contribution < -0.4 is 11.2 Å². The molecule has 0 aliphatic rings. The van der Waals surface area contributed by atoms with Crippen molar-refractivity contribution in [1.82, 2.24) is 5.43 Å². The Morgan fingerprint density at radius 3 is 2.50 bits per heavy atom. The summed E-state index contributed by atoms with van der Waals surface area (Å²) in [5.74, 6) is 0.398. The van der Waals surface area contributed by atoms with E-state index in [0.29, 0.717) is 18.2 Å². The highest BCUT2D eigenvalue weighted by Gasteiger charge is 2.31. The molecular weight excluding hydrogens is 254 g/mol. The number of urea groups is 1. The van der Waals surface area contributed by atoms with Gasteiger partial charge >= 0.3 is 6.03 Å². The fourth-order valence-electron chi connectivity index (χ4n) is 1.73. The van der Waals surface area contributed by atoms with Gasteiger partial charge in [0.1, 0.15) is 5.60 Å². The largest absolute Gasteiger partial charge is 0.364 e. The summed E-state index contributed by atoms with van der Waals surface area (Å²) in [6, 6.07) is 9.10. The molecule has 0 bridgehead atoms. The number of nitrogens with two attached hydrogens (primary N) is 1. The summed E-state index contributed by atoms with van der Waals surface area (Å²) >= 11 is 0. The highest BCUT2D eigenvalue weighted by atomic mass is 16.5. The topological polar surface area (TPSA) is 76.7 Å². The number of hydrogen-bond acceptors (Lipinski definition) is 3. The van der Waals surface area contributed by atoms with E-state index in [1.807, 2.05) is 44.2 Å². The number of carbonyl (C=O) groups is 1. The number of hydrazone groups is 1. The Kier molecular flexibility index (Phi) is 5.70. The van der Waals surface area contributed by atoms with Crippen LogP contribution in [0.2, 0.25) is 0 Å². The molecule has 5 heteroatoms. The normalized spacial score (nSPS) is 14.9. The summed E-state index contributed by atoms with van der Waals surface area (Å²) < 4.78 is 6.05. The predicted molar refractivity (Wildman–Crippen MR) is 80.4 cm³/mol. The van der Waals surface area contributed by atoms with Gasteiger partial charge in [-0.1, -0.05) is 44.2 Å². The molecule has 2 amide bonds. The number of carbonyl (C=O) groups excluding carboxylic acids is 1. The highest BCUT2D eigenvalue weighted by Crippen LogP contribution is 2.27. The molecule has 0 aliphatic heterocycles. The molecule has 1 rings (SSSR count). The fourth-order valence-corrected chi connectivity index (χ4v) is 1.73. The Hall–Kier alpha value is -1.88. The SMILES string of the molecule is C/C(=N\NC(N)=O)[C@@](C)(OCC(C)C)c1ccccc1. The first-order valence-corrected chi connectivity index (χ1v) is 6.66. The summed E-state index contributed by atoms with van der Waals surface area (Å²) in [4.78, 5) is 10.8.